The van der Waals surface area contributed by atoms with E-state index in [1.165, 1.54) is 31.5 Å². The van der Waals surface area contributed by atoms with Crippen molar-refractivity contribution in [3.63, 3.8) is 0 Å². The molecule has 6 rings (SSSR count). The van der Waals surface area contributed by atoms with Crippen LogP contribution in [0.1, 0.15) is 42.3 Å². The molecule has 0 bridgehead atoms. The van der Waals surface area contributed by atoms with Crippen LogP contribution >= 0.6 is 11.6 Å². The minimum atomic E-state index is 0.522. The van der Waals surface area contributed by atoms with E-state index in [9.17, 15) is 0 Å². The maximum absolute atomic E-state index is 6.73. The van der Waals surface area contributed by atoms with Crippen molar-refractivity contribution in [2.24, 2.45) is 0 Å². The molecule has 200 valence electrons. The number of halogens is 1. The van der Waals surface area contributed by atoms with Gasteiger partial charge in [-0.2, -0.15) is 9.97 Å². The Labute approximate surface area is 233 Å². The molecule has 0 saturated carbocycles. The zero-order chi connectivity index (χ0) is 26.8. The molecule has 1 saturated heterocycles. The Morgan fingerprint density at radius 2 is 1.87 bits per heavy atom. The largest absolute Gasteiger partial charge is 0.352 e. The van der Waals surface area contributed by atoms with E-state index in [-0.39, 0.29) is 0 Å². The molecule has 0 aliphatic carbocycles. The van der Waals surface area contributed by atoms with Crippen molar-refractivity contribution in [2.75, 3.05) is 42.9 Å². The molecule has 1 fully saturated rings. The Morgan fingerprint density at radius 3 is 2.59 bits per heavy atom. The highest BCUT2D eigenvalue weighted by molar-refractivity contribution is 6.33. The van der Waals surface area contributed by atoms with E-state index in [2.05, 4.69) is 67.5 Å². The van der Waals surface area contributed by atoms with Gasteiger partial charge in [0, 0.05) is 54.6 Å². The van der Waals surface area contributed by atoms with Gasteiger partial charge >= 0.3 is 0 Å². The fourth-order valence-corrected chi connectivity index (χ4v) is 5.55. The van der Waals surface area contributed by atoms with E-state index in [0.717, 1.165) is 53.3 Å². The van der Waals surface area contributed by atoms with Gasteiger partial charge in [0.15, 0.2) is 0 Å². The zero-order valence-corrected chi connectivity index (χ0v) is 23.1. The predicted molar refractivity (Wildman–Crippen MR) is 156 cm³/mol. The first-order valence-corrected chi connectivity index (χ1v) is 13.9. The summed E-state index contributed by atoms with van der Waals surface area (Å²) < 4.78 is 5.11. The van der Waals surface area contributed by atoms with Gasteiger partial charge in [-0.15, -0.1) is 0 Å². The van der Waals surface area contributed by atoms with Crippen molar-refractivity contribution in [3.8, 4) is 11.4 Å². The highest BCUT2D eigenvalue weighted by Crippen LogP contribution is 2.36. The van der Waals surface area contributed by atoms with Crippen LogP contribution in [0.3, 0.4) is 0 Å². The van der Waals surface area contributed by atoms with E-state index in [0.29, 0.717) is 29.2 Å². The number of fused-ring (bicyclic) bond motifs is 1. The molecule has 0 spiro atoms. The average Bonchev–Trinajstić information content (AvgIpc) is 3.64. The molecule has 4 heterocycles. The second-order valence-corrected chi connectivity index (χ2v) is 10.5. The second kappa shape index (κ2) is 11.2. The Hall–Kier alpha value is -3.75. The molecule has 0 amide bonds. The summed E-state index contributed by atoms with van der Waals surface area (Å²) >= 11 is 6.73. The van der Waals surface area contributed by atoms with Crippen LogP contribution in [0.25, 0.3) is 23.0 Å². The summed E-state index contributed by atoms with van der Waals surface area (Å²) in [6, 6.07) is 14.5. The van der Waals surface area contributed by atoms with E-state index < -0.39 is 0 Å². The highest BCUT2D eigenvalue weighted by Gasteiger charge is 2.22. The number of benzene rings is 2. The summed E-state index contributed by atoms with van der Waals surface area (Å²) in [5.41, 5.74) is 6.21. The molecule has 2 aromatic carbocycles. The summed E-state index contributed by atoms with van der Waals surface area (Å²) in [4.78, 5) is 18.6. The lowest BCUT2D eigenvalue weighted by Crippen LogP contribution is -2.29. The average molecular weight is 542 g/mol. The standard InChI is InChI=1S/C30H32ClN7O/c1-3-38-19-24(26-11-8-22(17-27(26)31)28-33-20(2)39-36-28)16-23-18-32-30(35-29(23)38)34-25-9-6-21(7-10-25)12-15-37-13-4-5-14-37/h6-11,16-18H,3-5,12-15,19H2,1-2H3,(H,32,34,35). The van der Waals surface area contributed by atoms with Crippen LogP contribution in [-0.4, -0.2) is 57.7 Å². The number of likely N-dealkylation sites (N-methyl/N-ethyl adjacent to an activating group) is 1. The van der Waals surface area contributed by atoms with Gasteiger partial charge in [-0.1, -0.05) is 41.0 Å². The quantitative estimate of drug-likeness (QED) is 0.280. The fraction of sp³-hybridized carbons (Fsp3) is 0.333. The van der Waals surface area contributed by atoms with E-state index >= 15 is 0 Å². The maximum Gasteiger partial charge on any atom is 0.229 e. The highest BCUT2D eigenvalue weighted by atomic mass is 35.5. The van der Waals surface area contributed by atoms with E-state index in [1.54, 1.807) is 6.92 Å². The SMILES string of the molecule is CCN1CC(c2ccc(-c3noc(C)n3)cc2Cl)=Cc2cnc(Nc3ccc(CCN4CCCC4)cc3)nc21. The lowest BCUT2D eigenvalue weighted by atomic mass is 9.98. The van der Waals surface area contributed by atoms with Crippen LogP contribution in [0.2, 0.25) is 5.02 Å². The summed E-state index contributed by atoms with van der Waals surface area (Å²) in [7, 11) is 0. The number of rotatable bonds is 8. The van der Waals surface area contributed by atoms with Crippen LogP contribution < -0.4 is 10.2 Å². The van der Waals surface area contributed by atoms with Gasteiger partial charge in [-0.05, 0) is 80.3 Å². The van der Waals surface area contributed by atoms with Crippen molar-refractivity contribution in [2.45, 2.75) is 33.1 Å². The first-order chi connectivity index (χ1) is 19.1. The number of anilines is 3. The first kappa shape index (κ1) is 25.5. The molecule has 0 radical (unpaired) electrons. The molecule has 8 nitrogen and oxygen atoms in total. The van der Waals surface area contributed by atoms with Crippen molar-refractivity contribution in [1.82, 2.24) is 25.0 Å². The molecule has 4 aromatic rings. The second-order valence-electron chi connectivity index (χ2n) is 10.1. The van der Waals surface area contributed by atoms with Crippen LogP contribution in [0.5, 0.6) is 0 Å². The molecule has 2 aromatic heterocycles. The summed E-state index contributed by atoms with van der Waals surface area (Å²) in [5.74, 6) is 2.56. The number of nitrogens with zero attached hydrogens (tertiary/aromatic N) is 6. The van der Waals surface area contributed by atoms with Crippen molar-refractivity contribution >= 4 is 40.7 Å². The van der Waals surface area contributed by atoms with Gasteiger partial charge in [-0.3, -0.25) is 0 Å². The molecule has 1 N–H and O–H groups in total. The monoisotopic (exact) mass is 541 g/mol. The Kier molecular flexibility index (Phi) is 7.30. The molecule has 2 aliphatic heterocycles. The van der Waals surface area contributed by atoms with Crippen LogP contribution in [-0.2, 0) is 6.42 Å². The van der Waals surface area contributed by atoms with Gasteiger partial charge < -0.3 is 19.6 Å². The number of hydrogen-bond donors (Lipinski definition) is 1. The van der Waals surface area contributed by atoms with Gasteiger partial charge in [0.1, 0.15) is 5.82 Å². The number of aromatic nitrogens is 4. The number of hydrogen-bond acceptors (Lipinski definition) is 8. The van der Waals surface area contributed by atoms with Crippen molar-refractivity contribution in [3.05, 3.63) is 76.3 Å². The normalized spacial score (nSPS) is 15.4. The van der Waals surface area contributed by atoms with E-state index in [1.807, 2.05) is 24.4 Å². The fourth-order valence-electron chi connectivity index (χ4n) is 5.24. The number of aryl methyl sites for hydroxylation is 1. The van der Waals surface area contributed by atoms with Crippen LogP contribution in [0, 0.1) is 6.92 Å². The van der Waals surface area contributed by atoms with E-state index in [4.69, 9.17) is 21.1 Å². The molecule has 39 heavy (non-hydrogen) atoms. The lowest BCUT2D eigenvalue weighted by molar-refractivity contribution is 0.343. The van der Waals surface area contributed by atoms with Crippen molar-refractivity contribution in [1.29, 1.82) is 0 Å². The van der Waals surface area contributed by atoms with Crippen LogP contribution in [0.4, 0.5) is 17.5 Å². The van der Waals surface area contributed by atoms with Gasteiger partial charge in [0.05, 0.1) is 0 Å². The third-order valence-corrected chi connectivity index (χ3v) is 7.71. The minimum Gasteiger partial charge on any atom is -0.352 e. The molecule has 0 unspecified atom stereocenters. The summed E-state index contributed by atoms with van der Waals surface area (Å²) in [5, 5.41) is 8.02. The summed E-state index contributed by atoms with van der Waals surface area (Å²) in [6.45, 7) is 9.02. The Bertz CT molecular complexity index is 1490. The third kappa shape index (κ3) is 5.67. The number of nitrogens with one attached hydrogen (secondary N) is 1. The van der Waals surface area contributed by atoms with Gasteiger partial charge in [-0.25, -0.2) is 4.98 Å². The number of likely N-dealkylation sites (tertiary alicyclic amines) is 1. The first-order valence-electron chi connectivity index (χ1n) is 13.6. The zero-order valence-electron chi connectivity index (χ0n) is 22.3. The summed E-state index contributed by atoms with van der Waals surface area (Å²) in [6.07, 6.45) is 7.75. The van der Waals surface area contributed by atoms with Crippen molar-refractivity contribution < 1.29 is 4.52 Å². The molecular weight excluding hydrogens is 510 g/mol. The Morgan fingerprint density at radius 1 is 1.05 bits per heavy atom. The lowest BCUT2D eigenvalue weighted by Gasteiger charge is -2.29. The predicted octanol–water partition coefficient (Wildman–Crippen LogP) is 6.25. The molecule has 0 atom stereocenters. The third-order valence-electron chi connectivity index (χ3n) is 7.39. The van der Waals surface area contributed by atoms with Gasteiger partial charge in [0.25, 0.3) is 0 Å². The van der Waals surface area contributed by atoms with Crippen LogP contribution in [0.15, 0.2) is 53.2 Å². The maximum atomic E-state index is 6.73. The molecule has 9 heteroatoms. The van der Waals surface area contributed by atoms with Gasteiger partial charge in [0.2, 0.25) is 17.7 Å². The molecule has 2 aliphatic rings. The molecular formula is C30H32ClN7O. The smallest absolute Gasteiger partial charge is 0.229 e. The Balaban J connectivity index is 1.18. The topological polar surface area (TPSA) is 83.2 Å². The minimum absolute atomic E-state index is 0.522.